The van der Waals surface area contributed by atoms with Gasteiger partial charge in [0, 0.05) is 16.7 Å². The minimum absolute atomic E-state index is 0.754. The van der Waals surface area contributed by atoms with Crippen LogP contribution >= 0.6 is 10.7 Å². The average molecular weight is 254 g/mol. The second-order valence-electron chi connectivity index (χ2n) is 2.58. The molecule has 0 spiro atoms. The Labute approximate surface area is 82.8 Å². The second-order valence-corrected chi connectivity index (χ2v) is 5.40. The minimum atomic E-state index is -5.02. The summed E-state index contributed by atoms with van der Waals surface area (Å²) in [6.07, 6.45) is -5.02. The molecule has 0 bridgehead atoms. The quantitative estimate of drug-likeness (QED) is 0.750. The Bertz CT molecular complexity index is 313. The summed E-state index contributed by atoms with van der Waals surface area (Å²) in [5.41, 5.74) is 0. The van der Waals surface area contributed by atoms with Gasteiger partial charge in [0.1, 0.15) is 0 Å². The molecule has 0 aliphatic carbocycles. The van der Waals surface area contributed by atoms with Crippen LogP contribution in [0.1, 0.15) is 6.92 Å². The second kappa shape index (κ2) is 4.35. The van der Waals surface area contributed by atoms with E-state index in [4.69, 9.17) is 10.7 Å². The standard InChI is InChI=1S/C5H7ClF3NO3S/c1-3(2-14(6,12)13)10-4(11)5(7,8)9/h3H,2H2,1H3,(H,10,11). The van der Waals surface area contributed by atoms with E-state index in [1.54, 1.807) is 0 Å². The molecule has 0 aliphatic rings. The third-order valence-corrected chi connectivity index (χ3v) is 2.36. The summed E-state index contributed by atoms with van der Waals surface area (Å²) < 4.78 is 55.8. The van der Waals surface area contributed by atoms with Gasteiger partial charge in [0.25, 0.3) is 0 Å². The Morgan fingerprint density at radius 2 is 1.93 bits per heavy atom. The van der Waals surface area contributed by atoms with Gasteiger partial charge < -0.3 is 5.32 Å². The zero-order valence-corrected chi connectivity index (χ0v) is 8.50. The van der Waals surface area contributed by atoms with E-state index < -0.39 is 32.9 Å². The van der Waals surface area contributed by atoms with Gasteiger partial charge in [-0.25, -0.2) is 8.42 Å². The highest BCUT2D eigenvalue weighted by Gasteiger charge is 2.39. The number of carbonyl (C=O) groups is 1. The highest BCUT2D eigenvalue weighted by atomic mass is 35.7. The molecule has 0 radical (unpaired) electrons. The maximum absolute atomic E-state index is 11.6. The largest absolute Gasteiger partial charge is 0.471 e. The summed E-state index contributed by atoms with van der Waals surface area (Å²) in [6, 6.07) is -1.19. The van der Waals surface area contributed by atoms with Crippen LogP contribution in [0.4, 0.5) is 13.2 Å². The van der Waals surface area contributed by atoms with Crippen molar-refractivity contribution in [2.24, 2.45) is 0 Å². The number of hydrogen-bond donors (Lipinski definition) is 1. The van der Waals surface area contributed by atoms with Crippen molar-refractivity contribution < 1.29 is 26.4 Å². The Morgan fingerprint density at radius 1 is 1.50 bits per heavy atom. The number of nitrogens with one attached hydrogen (secondary N) is 1. The van der Waals surface area contributed by atoms with E-state index in [0.29, 0.717) is 0 Å². The molecule has 1 N–H and O–H groups in total. The average Bonchev–Trinajstić information content (AvgIpc) is 1.79. The fourth-order valence-corrected chi connectivity index (χ4v) is 1.89. The zero-order valence-electron chi connectivity index (χ0n) is 6.93. The van der Waals surface area contributed by atoms with E-state index in [1.165, 1.54) is 5.32 Å². The fourth-order valence-electron chi connectivity index (χ4n) is 0.646. The first-order valence-electron chi connectivity index (χ1n) is 3.32. The van der Waals surface area contributed by atoms with Crippen molar-refractivity contribution in [1.29, 1.82) is 0 Å². The lowest BCUT2D eigenvalue weighted by Gasteiger charge is -2.13. The Hall–Kier alpha value is -0.500. The van der Waals surface area contributed by atoms with Crippen LogP contribution in [0.5, 0.6) is 0 Å². The van der Waals surface area contributed by atoms with Gasteiger partial charge in [-0.05, 0) is 6.92 Å². The van der Waals surface area contributed by atoms with Crippen LogP contribution in [0.2, 0.25) is 0 Å². The van der Waals surface area contributed by atoms with Crippen LogP contribution in [0, 0.1) is 0 Å². The van der Waals surface area contributed by atoms with Crippen molar-refractivity contribution >= 4 is 25.6 Å². The summed E-state index contributed by atoms with van der Waals surface area (Å²) >= 11 is 0. The highest BCUT2D eigenvalue weighted by Crippen LogP contribution is 2.14. The van der Waals surface area contributed by atoms with Crippen molar-refractivity contribution in [3.8, 4) is 0 Å². The third kappa shape index (κ3) is 6.03. The van der Waals surface area contributed by atoms with Crippen LogP contribution in [-0.2, 0) is 13.8 Å². The minimum Gasteiger partial charge on any atom is -0.345 e. The summed E-state index contributed by atoms with van der Waals surface area (Å²) in [5, 5.41) is 1.45. The molecule has 1 unspecified atom stereocenters. The molecule has 0 rings (SSSR count). The van der Waals surface area contributed by atoms with Crippen LogP contribution < -0.4 is 5.32 Å². The predicted octanol–water partition coefficient (Wildman–Crippen LogP) is 0.622. The van der Waals surface area contributed by atoms with E-state index in [2.05, 4.69) is 0 Å². The number of rotatable bonds is 3. The van der Waals surface area contributed by atoms with Crippen LogP contribution in [0.25, 0.3) is 0 Å². The van der Waals surface area contributed by atoms with E-state index in [9.17, 15) is 26.4 Å². The van der Waals surface area contributed by atoms with Crippen LogP contribution in [-0.4, -0.2) is 32.3 Å². The maximum atomic E-state index is 11.6. The lowest BCUT2D eigenvalue weighted by Crippen LogP contribution is -2.44. The van der Waals surface area contributed by atoms with Gasteiger partial charge in [-0.15, -0.1) is 0 Å². The molecule has 0 saturated heterocycles. The van der Waals surface area contributed by atoms with E-state index in [0.717, 1.165) is 6.92 Å². The highest BCUT2D eigenvalue weighted by molar-refractivity contribution is 8.13. The first-order chi connectivity index (χ1) is 6.02. The molecule has 9 heteroatoms. The van der Waals surface area contributed by atoms with Crippen LogP contribution in [0.3, 0.4) is 0 Å². The summed E-state index contributed by atoms with van der Waals surface area (Å²) in [5.74, 6) is -2.94. The van der Waals surface area contributed by atoms with E-state index in [-0.39, 0.29) is 0 Å². The fraction of sp³-hybridized carbons (Fsp3) is 0.800. The topological polar surface area (TPSA) is 63.2 Å². The Morgan fingerprint density at radius 3 is 2.21 bits per heavy atom. The normalized spacial score (nSPS) is 14.9. The maximum Gasteiger partial charge on any atom is 0.471 e. The van der Waals surface area contributed by atoms with Gasteiger partial charge in [0.15, 0.2) is 0 Å². The molecule has 0 fully saturated rings. The number of amides is 1. The van der Waals surface area contributed by atoms with Crippen molar-refractivity contribution in [2.75, 3.05) is 5.75 Å². The monoisotopic (exact) mass is 253 g/mol. The molecule has 84 valence electrons. The lowest BCUT2D eigenvalue weighted by atomic mass is 10.4. The zero-order chi connectivity index (χ0) is 11.6. The number of halogens is 4. The van der Waals surface area contributed by atoms with E-state index >= 15 is 0 Å². The molecule has 0 aromatic carbocycles. The van der Waals surface area contributed by atoms with Crippen molar-refractivity contribution in [1.82, 2.24) is 5.32 Å². The third-order valence-electron chi connectivity index (χ3n) is 1.08. The molecular weight excluding hydrogens is 247 g/mol. The SMILES string of the molecule is CC(CS(=O)(=O)Cl)NC(=O)C(F)(F)F. The molecule has 4 nitrogen and oxygen atoms in total. The molecule has 1 atom stereocenters. The molecule has 0 heterocycles. The van der Waals surface area contributed by atoms with Gasteiger partial charge in [-0.2, -0.15) is 13.2 Å². The van der Waals surface area contributed by atoms with Gasteiger partial charge in [0.05, 0.1) is 5.75 Å². The molecule has 1 amide bonds. The Balaban J connectivity index is 4.22. The van der Waals surface area contributed by atoms with Crippen LogP contribution in [0.15, 0.2) is 0 Å². The first kappa shape index (κ1) is 13.5. The summed E-state index contributed by atoms with van der Waals surface area (Å²) in [4.78, 5) is 10.3. The predicted molar refractivity (Wildman–Crippen MR) is 43.3 cm³/mol. The smallest absolute Gasteiger partial charge is 0.345 e. The van der Waals surface area contributed by atoms with Gasteiger partial charge >= 0.3 is 12.1 Å². The van der Waals surface area contributed by atoms with Crippen molar-refractivity contribution in [2.45, 2.75) is 19.1 Å². The Kier molecular flexibility index (Phi) is 4.19. The number of hydrogen-bond acceptors (Lipinski definition) is 3. The molecule has 0 saturated carbocycles. The molecular formula is C5H7ClF3NO3S. The number of carbonyl (C=O) groups excluding carboxylic acids is 1. The number of alkyl halides is 3. The van der Waals surface area contributed by atoms with Crippen molar-refractivity contribution in [3.05, 3.63) is 0 Å². The summed E-state index contributed by atoms with van der Waals surface area (Å²) in [7, 11) is 0.841. The van der Waals surface area contributed by atoms with Crippen molar-refractivity contribution in [3.63, 3.8) is 0 Å². The molecule has 14 heavy (non-hydrogen) atoms. The summed E-state index contributed by atoms with van der Waals surface area (Å²) in [6.45, 7) is 1.10. The molecule has 0 aromatic heterocycles. The molecule has 0 aromatic rings. The van der Waals surface area contributed by atoms with Gasteiger partial charge in [0.2, 0.25) is 9.05 Å². The van der Waals surface area contributed by atoms with Gasteiger partial charge in [-0.1, -0.05) is 0 Å². The van der Waals surface area contributed by atoms with Gasteiger partial charge in [-0.3, -0.25) is 4.79 Å². The molecule has 0 aliphatic heterocycles. The lowest BCUT2D eigenvalue weighted by molar-refractivity contribution is -0.174. The van der Waals surface area contributed by atoms with E-state index in [1.807, 2.05) is 0 Å². The first-order valence-corrected chi connectivity index (χ1v) is 5.80.